The van der Waals surface area contributed by atoms with Gasteiger partial charge in [0.05, 0.1) is 7.11 Å². The lowest BCUT2D eigenvalue weighted by atomic mass is 9.98. The number of carbonyl (C=O) groups excluding carboxylic acids is 2. The van der Waals surface area contributed by atoms with Gasteiger partial charge in [-0.05, 0) is 30.0 Å². The monoisotopic (exact) mass is 340 g/mol. The highest BCUT2D eigenvalue weighted by atomic mass is 16.5. The molecule has 2 N–H and O–H groups in total. The molecule has 0 unspecified atom stereocenters. The summed E-state index contributed by atoms with van der Waals surface area (Å²) in [5.74, 6) is -0.439. The van der Waals surface area contributed by atoms with Gasteiger partial charge in [0.1, 0.15) is 5.75 Å². The number of para-hydroxylation sites is 2. The van der Waals surface area contributed by atoms with E-state index in [1.807, 2.05) is 63.2 Å². The van der Waals surface area contributed by atoms with Crippen LogP contribution < -0.4 is 15.4 Å². The smallest absolute Gasteiger partial charge is 0.313 e. The molecular formula is C20H24N2O3. The van der Waals surface area contributed by atoms with E-state index in [1.54, 1.807) is 7.11 Å². The largest absolute Gasteiger partial charge is 0.496 e. The summed E-state index contributed by atoms with van der Waals surface area (Å²) in [6.07, 6.45) is 0. The molecule has 0 aliphatic carbocycles. The standard InChI is InChI=1S/C20H24N2O3/c1-13(2)16-10-7-8-14(3)18(16)22-20(24)19(23)21-12-15-9-5-6-11-17(15)25-4/h5-11,13H,12H2,1-4H3,(H,21,23)(H,22,24). The van der Waals surface area contributed by atoms with E-state index in [-0.39, 0.29) is 12.5 Å². The summed E-state index contributed by atoms with van der Waals surface area (Å²) in [5.41, 5.74) is 3.45. The van der Waals surface area contributed by atoms with Crippen molar-refractivity contribution in [3.63, 3.8) is 0 Å². The summed E-state index contributed by atoms with van der Waals surface area (Å²) < 4.78 is 5.24. The Morgan fingerprint density at radius 3 is 2.44 bits per heavy atom. The molecule has 2 rings (SSSR count). The SMILES string of the molecule is COc1ccccc1CNC(=O)C(=O)Nc1c(C)cccc1C(C)C. The Morgan fingerprint density at radius 1 is 1.04 bits per heavy atom. The van der Waals surface area contributed by atoms with Crippen molar-refractivity contribution in [3.05, 3.63) is 59.2 Å². The number of amides is 2. The van der Waals surface area contributed by atoms with Crippen LogP contribution in [0.15, 0.2) is 42.5 Å². The van der Waals surface area contributed by atoms with Crippen LogP contribution in [0.25, 0.3) is 0 Å². The lowest BCUT2D eigenvalue weighted by molar-refractivity contribution is -0.136. The minimum Gasteiger partial charge on any atom is -0.496 e. The van der Waals surface area contributed by atoms with Crippen LogP contribution in [0.5, 0.6) is 5.75 Å². The van der Waals surface area contributed by atoms with E-state index in [0.29, 0.717) is 11.4 Å². The molecule has 0 radical (unpaired) electrons. The molecule has 2 aromatic rings. The maximum absolute atomic E-state index is 12.3. The van der Waals surface area contributed by atoms with Crippen LogP contribution in [-0.4, -0.2) is 18.9 Å². The molecule has 0 fully saturated rings. The highest BCUT2D eigenvalue weighted by Crippen LogP contribution is 2.27. The molecule has 0 spiro atoms. The van der Waals surface area contributed by atoms with Crippen molar-refractivity contribution in [2.24, 2.45) is 0 Å². The van der Waals surface area contributed by atoms with Crippen molar-refractivity contribution in [1.82, 2.24) is 5.32 Å². The van der Waals surface area contributed by atoms with Crippen LogP contribution >= 0.6 is 0 Å². The quantitative estimate of drug-likeness (QED) is 0.820. The average molecular weight is 340 g/mol. The van der Waals surface area contributed by atoms with Crippen LogP contribution in [0.4, 0.5) is 5.69 Å². The molecule has 0 saturated carbocycles. The topological polar surface area (TPSA) is 67.4 Å². The van der Waals surface area contributed by atoms with Crippen molar-refractivity contribution in [2.75, 3.05) is 12.4 Å². The zero-order chi connectivity index (χ0) is 18.4. The number of anilines is 1. The number of carbonyl (C=O) groups is 2. The van der Waals surface area contributed by atoms with Gasteiger partial charge < -0.3 is 15.4 Å². The zero-order valence-corrected chi connectivity index (χ0v) is 15.1. The van der Waals surface area contributed by atoms with Gasteiger partial charge in [-0.3, -0.25) is 9.59 Å². The summed E-state index contributed by atoms with van der Waals surface area (Å²) in [6, 6.07) is 13.2. The fourth-order valence-electron chi connectivity index (χ4n) is 2.62. The third-order valence-electron chi connectivity index (χ3n) is 4.00. The van der Waals surface area contributed by atoms with E-state index in [0.717, 1.165) is 16.7 Å². The Morgan fingerprint density at radius 2 is 1.76 bits per heavy atom. The van der Waals surface area contributed by atoms with Gasteiger partial charge in [0.2, 0.25) is 0 Å². The minimum atomic E-state index is -0.677. The van der Waals surface area contributed by atoms with E-state index in [1.165, 1.54) is 0 Å². The van der Waals surface area contributed by atoms with E-state index >= 15 is 0 Å². The van der Waals surface area contributed by atoms with Crippen molar-refractivity contribution in [1.29, 1.82) is 0 Å². The number of methoxy groups -OCH3 is 1. The first-order valence-electron chi connectivity index (χ1n) is 8.24. The highest BCUT2D eigenvalue weighted by Gasteiger charge is 2.18. The predicted molar refractivity (Wildman–Crippen MR) is 98.7 cm³/mol. The van der Waals surface area contributed by atoms with Crippen molar-refractivity contribution in [3.8, 4) is 5.75 Å². The summed E-state index contributed by atoms with van der Waals surface area (Å²) in [5, 5.41) is 5.37. The molecule has 0 bridgehead atoms. The lowest BCUT2D eigenvalue weighted by Crippen LogP contribution is -2.35. The number of rotatable bonds is 5. The third kappa shape index (κ3) is 4.59. The molecule has 0 aromatic heterocycles. The first-order valence-corrected chi connectivity index (χ1v) is 8.24. The molecule has 132 valence electrons. The second kappa shape index (κ2) is 8.33. The highest BCUT2D eigenvalue weighted by molar-refractivity contribution is 6.39. The maximum Gasteiger partial charge on any atom is 0.313 e. The average Bonchev–Trinajstić information content (AvgIpc) is 2.61. The number of benzene rings is 2. The van der Waals surface area contributed by atoms with Crippen molar-refractivity contribution in [2.45, 2.75) is 33.2 Å². The number of hydrogen-bond donors (Lipinski definition) is 2. The summed E-state index contributed by atoms with van der Waals surface area (Å²) >= 11 is 0. The normalized spacial score (nSPS) is 10.4. The molecule has 25 heavy (non-hydrogen) atoms. The van der Waals surface area contributed by atoms with Gasteiger partial charge in [-0.1, -0.05) is 50.2 Å². The molecule has 5 heteroatoms. The van der Waals surface area contributed by atoms with Crippen LogP contribution in [0.2, 0.25) is 0 Å². The third-order valence-corrected chi connectivity index (χ3v) is 4.00. The summed E-state index contributed by atoms with van der Waals surface area (Å²) in [4.78, 5) is 24.4. The maximum atomic E-state index is 12.3. The minimum absolute atomic E-state index is 0.223. The molecule has 0 heterocycles. The van der Waals surface area contributed by atoms with Gasteiger partial charge in [0.25, 0.3) is 0 Å². The number of nitrogens with one attached hydrogen (secondary N) is 2. The first-order chi connectivity index (χ1) is 11.9. The van der Waals surface area contributed by atoms with Gasteiger partial charge in [-0.25, -0.2) is 0 Å². The van der Waals surface area contributed by atoms with E-state index in [2.05, 4.69) is 10.6 Å². The zero-order valence-electron chi connectivity index (χ0n) is 15.1. The van der Waals surface area contributed by atoms with E-state index < -0.39 is 11.8 Å². The second-order valence-electron chi connectivity index (χ2n) is 6.14. The van der Waals surface area contributed by atoms with Crippen LogP contribution in [0, 0.1) is 6.92 Å². The fraction of sp³-hybridized carbons (Fsp3) is 0.300. The van der Waals surface area contributed by atoms with Gasteiger partial charge in [0, 0.05) is 17.8 Å². The first kappa shape index (κ1) is 18.5. The Bertz CT molecular complexity index is 769. The fourth-order valence-corrected chi connectivity index (χ4v) is 2.62. The van der Waals surface area contributed by atoms with E-state index in [4.69, 9.17) is 4.74 Å². The Hall–Kier alpha value is -2.82. The van der Waals surface area contributed by atoms with Gasteiger partial charge in [-0.15, -0.1) is 0 Å². The molecule has 2 amide bonds. The predicted octanol–water partition coefficient (Wildman–Crippen LogP) is 3.38. The molecule has 0 atom stereocenters. The Labute approximate surface area is 148 Å². The Balaban J connectivity index is 2.05. The molecule has 5 nitrogen and oxygen atoms in total. The number of hydrogen-bond acceptors (Lipinski definition) is 3. The van der Waals surface area contributed by atoms with Crippen LogP contribution in [0.1, 0.15) is 36.5 Å². The van der Waals surface area contributed by atoms with Crippen LogP contribution in [0.3, 0.4) is 0 Å². The lowest BCUT2D eigenvalue weighted by Gasteiger charge is -2.16. The molecular weight excluding hydrogens is 316 g/mol. The van der Waals surface area contributed by atoms with Gasteiger partial charge in [0.15, 0.2) is 0 Å². The number of aryl methyl sites for hydroxylation is 1. The van der Waals surface area contributed by atoms with Gasteiger partial charge in [-0.2, -0.15) is 0 Å². The van der Waals surface area contributed by atoms with E-state index in [9.17, 15) is 9.59 Å². The summed E-state index contributed by atoms with van der Waals surface area (Å²) in [7, 11) is 1.57. The summed E-state index contributed by atoms with van der Waals surface area (Å²) in [6.45, 7) is 6.23. The van der Waals surface area contributed by atoms with Gasteiger partial charge >= 0.3 is 11.8 Å². The molecule has 2 aromatic carbocycles. The Kier molecular flexibility index (Phi) is 6.17. The van der Waals surface area contributed by atoms with Crippen LogP contribution in [-0.2, 0) is 16.1 Å². The second-order valence-corrected chi connectivity index (χ2v) is 6.14. The number of ether oxygens (including phenoxy) is 1. The molecule has 0 aliphatic heterocycles. The molecule has 0 aliphatic rings. The molecule has 0 saturated heterocycles. The van der Waals surface area contributed by atoms with Crippen molar-refractivity contribution < 1.29 is 14.3 Å². The van der Waals surface area contributed by atoms with Crippen molar-refractivity contribution >= 4 is 17.5 Å².